The van der Waals surface area contributed by atoms with E-state index in [1.165, 1.54) is 16.9 Å². The van der Waals surface area contributed by atoms with E-state index in [9.17, 15) is 4.79 Å². The lowest BCUT2D eigenvalue weighted by Crippen LogP contribution is -2.32. The standard InChI is InChI=1S/C15H19N3OS/c1-16-8-9-18(2)15(19)13-11-20-14(17-13)10-12-6-4-3-5-7-12/h3-7,11,16H,8-10H2,1-2H3. The Balaban J connectivity index is 2.00. The molecule has 2 aromatic rings. The van der Waals surface area contributed by atoms with E-state index in [0.29, 0.717) is 12.2 Å². The average molecular weight is 289 g/mol. The molecule has 0 saturated heterocycles. The summed E-state index contributed by atoms with van der Waals surface area (Å²) in [4.78, 5) is 18.3. The number of hydrogen-bond donors (Lipinski definition) is 1. The molecule has 0 radical (unpaired) electrons. The number of benzene rings is 1. The highest BCUT2D eigenvalue weighted by molar-refractivity contribution is 7.09. The predicted molar refractivity (Wildman–Crippen MR) is 82.2 cm³/mol. The SMILES string of the molecule is CNCCN(C)C(=O)c1csc(Cc2ccccc2)n1. The summed E-state index contributed by atoms with van der Waals surface area (Å²) in [6.07, 6.45) is 0.777. The largest absolute Gasteiger partial charge is 0.339 e. The van der Waals surface area contributed by atoms with E-state index in [4.69, 9.17) is 0 Å². The van der Waals surface area contributed by atoms with Gasteiger partial charge in [0, 0.05) is 31.9 Å². The Bertz CT molecular complexity index is 553. The first-order valence-electron chi connectivity index (χ1n) is 6.59. The third kappa shape index (κ3) is 3.88. The van der Waals surface area contributed by atoms with Gasteiger partial charge in [0.15, 0.2) is 0 Å². The fourth-order valence-electron chi connectivity index (χ4n) is 1.84. The van der Waals surface area contributed by atoms with Crippen LogP contribution in [0.3, 0.4) is 0 Å². The number of carbonyl (C=O) groups is 1. The number of hydrogen-bond acceptors (Lipinski definition) is 4. The lowest BCUT2D eigenvalue weighted by Gasteiger charge is -2.15. The molecule has 2 rings (SSSR count). The van der Waals surface area contributed by atoms with Crippen molar-refractivity contribution in [1.82, 2.24) is 15.2 Å². The minimum atomic E-state index is -0.0178. The molecular weight excluding hydrogens is 270 g/mol. The van der Waals surface area contributed by atoms with Crippen molar-refractivity contribution >= 4 is 17.2 Å². The number of nitrogens with one attached hydrogen (secondary N) is 1. The molecule has 0 aliphatic carbocycles. The summed E-state index contributed by atoms with van der Waals surface area (Å²) < 4.78 is 0. The highest BCUT2D eigenvalue weighted by Crippen LogP contribution is 2.15. The van der Waals surface area contributed by atoms with Crippen molar-refractivity contribution in [1.29, 1.82) is 0 Å². The molecule has 0 unspecified atom stereocenters. The van der Waals surface area contributed by atoms with Crippen molar-refractivity contribution in [2.45, 2.75) is 6.42 Å². The fourth-order valence-corrected chi connectivity index (χ4v) is 2.64. The molecule has 0 saturated carbocycles. The molecule has 0 atom stereocenters. The van der Waals surface area contributed by atoms with Crippen LogP contribution in [0.1, 0.15) is 21.1 Å². The third-order valence-corrected chi connectivity index (χ3v) is 3.86. The van der Waals surface area contributed by atoms with E-state index in [1.54, 1.807) is 11.9 Å². The van der Waals surface area contributed by atoms with Crippen LogP contribution in [0.4, 0.5) is 0 Å². The molecule has 1 aromatic heterocycles. The van der Waals surface area contributed by atoms with Gasteiger partial charge in [0.25, 0.3) is 5.91 Å². The van der Waals surface area contributed by atoms with Gasteiger partial charge < -0.3 is 10.2 Å². The molecule has 0 fully saturated rings. The van der Waals surface area contributed by atoms with Crippen molar-refractivity contribution in [3.63, 3.8) is 0 Å². The monoisotopic (exact) mass is 289 g/mol. The molecular formula is C15H19N3OS. The summed E-state index contributed by atoms with van der Waals surface area (Å²) in [5.41, 5.74) is 1.75. The predicted octanol–water partition coefficient (Wildman–Crippen LogP) is 2.03. The molecule has 0 aliphatic rings. The number of rotatable bonds is 6. The molecule has 4 nitrogen and oxygen atoms in total. The van der Waals surface area contributed by atoms with Gasteiger partial charge in [0.05, 0.1) is 5.01 Å². The number of aromatic nitrogens is 1. The van der Waals surface area contributed by atoms with Gasteiger partial charge in [0.2, 0.25) is 0 Å². The minimum absolute atomic E-state index is 0.0178. The molecule has 0 spiro atoms. The van der Waals surface area contributed by atoms with Gasteiger partial charge in [0.1, 0.15) is 5.69 Å². The average Bonchev–Trinajstić information content (AvgIpc) is 2.93. The first-order chi connectivity index (χ1) is 9.70. The smallest absolute Gasteiger partial charge is 0.273 e. The van der Waals surface area contributed by atoms with E-state index in [-0.39, 0.29) is 5.91 Å². The van der Waals surface area contributed by atoms with Gasteiger partial charge in [-0.25, -0.2) is 4.98 Å². The summed E-state index contributed by atoms with van der Waals surface area (Å²) >= 11 is 1.54. The van der Waals surface area contributed by atoms with E-state index in [0.717, 1.165) is 18.0 Å². The number of carbonyl (C=O) groups excluding carboxylic acids is 1. The lowest BCUT2D eigenvalue weighted by atomic mass is 10.2. The van der Waals surface area contributed by atoms with Gasteiger partial charge in [-0.15, -0.1) is 11.3 Å². The van der Waals surface area contributed by atoms with E-state index >= 15 is 0 Å². The van der Waals surface area contributed by atoms with Crippen molar-refractivity contribution in [2.75, 3.05) is 27.2 Å². The van der Waals surface area contributed by atoms with Crippen LogP contribution in [-0.2, 0) is 6.42 Å². The molecule has 0 aliphatic heterocycles. The zero-order valence-corrected chi connectivity index (χ0v) is 12.6. The highest BCUT2D eigenvalue weighted by atomic mass is 32.1. The summed E-state index contributed by atoms with van der Waals surface area (Å²) in [5.74, 6) is -0.0178. The maximum Gasteiger partial charge on any atom is 0.273 e. The molecule has 1 N–H and O–H groups in total. The fraction of sp³-hybridized carbons (Fsp3) is 0.333. The Morgan fingerprint density at radius 3 is 2.80 bits per heavy atom. The topological polar surface area (TPSA) is 45.2 Å². The van der Waals surface area contributed by atoms with E-state index in [1.807, 2.05) is 30.6 Å². The van der Waals surface area contributed by atoms with E-state index in [2.05, 4.69) is 22.4 Å². The normalized spacial score (nSPS) is 10.5. The van der Waals surface area contributed by atoms with Crippen LogP contribution >= 0.6 is 11.3 Å². The second-order valence-corrected chi connectivity index (χ2v) is 5.56. The van der Waals surface area contributed by atoms with Gasteiger partial charge >= 0.3 is 0 Å². The van der Waals surface area contributed by atoms with Crippen LogP contribution < -0.4 is 5.32 Å². The molecule has 1 amide bonds. The number of thiazole rings is 1. The van der Waals surface area contributed by atoms with Crippen molar-refractivity contribution in [2.24, 2.45) is 0 Å². The van der Waals surface area contributed by atoms with Gasteiger partial charge in [-0.3, -0.25) is 4.79 Å². The molecule has 1 heterocycles. The molecule has 5 heteroatoms. The summed E-state index contributed by atoms with van der Waals surface area (Å²) in [6.45, 7) is 1.46. The first kappa shape index (κ1) is 14.7. The molecule has 20 heavy (non-hydrogen) atoms. The van der Waals surface area contributed by atoms with Crippen molar-refractivity contribution < 1.29 is 4.79 Å². The zero-order valence-electron chi connectivity index (χ0n) is 11.8. The number of amides is 1. The Labute approximate surface area is 123 Å². The van der Waals surface area contributed by atoms with Crippen LogP contribution in [0.15, 0.2) is 35.7 Å². The van der Waals surface area contributed by atoms with E-state index < -0.39 is 0 Å². The second kappa shape index (κ2) is 7.17. The molecule has 106 valence electrons. The van der Waals surface area contributed by atoms with Crippen LogP contribution in [0.2, 0.25) is 0 Å². The van der Waals surface area contributed by atoms with Crippen LogP contribution in [0.25, 0.3) is 0 Å². The maximum atomic E-state index is 12.2. The molecule has 1 aromatic carbocycles. The Morgan fingerprint density at radius 1 is 1.35 bits per heavy atom. The van der Waals surface area contributed by atoms with Crippen molar-refractivity contribution in [3.05, 3.63) is 52.0 Å². The van der Waals surface area contributed by atoms with Gasteiger partial charge in [-0.05, 0) is 12.6 Å². The van der Waals surface area contributed by atoms with Gasteiger partial charge in [-0.2, -0.15) is 0 Å². The quantitative estimate of drug-likeness (QED) is 0.885. The Morgan fingerprint density at radius 2 is 2.10 bits per heavy atom. The van der Waals surface area contributed by atoms with Crippen LogP contribution in [0.5, 0.6) is 0 Å². The zero-order chi connectivity index (χ0) is 14.4. The third-order valence-electron chi connectivity index (χ3n) is 3.01. The summed E-state index contributed by atoms with van der Waals surface area (Å²) in [5, 5.41) is 5.85. The summed E-state index contributed by atoms with van der Waals surface area (Å²) in [7, 11) is 3.68. The highest BCUT2D eigenvalue weighted by Gasteiger charge is 2.15. The lowest BCUT2D eigenvalue weighted by molar-refractivity contribution is 0.0791. The number of nitrogens with zero attached hydrogens (tertiary/aromatic N) is 2. The van der Waals surface area contributed by atoms with Gasteiger partial charge in [-0.1, -0.05) is 30.3 Å². The van der Waals surface area contributed by atoms with Crippen LogP contribution in [0, 0.1) is 0 Å². The maximum absolute atomic E-state index is 12.2. The van der Waals surface area contributed by atoms with Crippen LogP contribution in [-0.4, -0.2) is 43.0 Å². The Kier molecular flexibility index (Phi) is 5.26. The first-order valence-corrected chi connectivity index (χ1v) is 7.47. The number of likely N-dealkylation sites (N-methyl/N-ethyl adjacent to an activating group) is 2. The molecule has 0 bridgehead atoms. The van der Waals surface area contributed by atoms with Crippen molar-refractivity contribution in [3.8, 4) is 0 Å². The minimum Gasteiger partial charge on any atom is -0.339 e. The summed E-state index contributed by atoms with van der Waals surface area (Å²) in [6, 6.07) is 10.2. The Hall–Kier alpha value is -1.72. The second-order valence-electron chi connectivity index (χ2n) is 4.62.